The largest absolute Gasteiger partial charge is 0.294 e. The Balaban J connectivity index is 2.75. The van der Waals surface area contributed by atoms with Gasteiger partial charge in [-0.1, -0.05) is 29.8 Å². The second kappa shape index (κ2) is 4.02. The highest BCUT2D eigenvalue weighted by Gasteiger charge is 2.03. The van der Waals surface area contributed by atoms with Crippen LogP contribution in [0.1, 0.15) is 22.3 Å². The number of Topliss-reactive ketones (excluding diaryl/α,β-unsaturated/α-hetero) is 1. The summed E-state index contributed by atoms with van der Waals surface area (Å²) in [6, 6.07) is 7.26. The number of aryl methyl sites for hydroxylation is 1. The van der Waals surface area contributed by atoms with Crippen LogP contribution in [0.15, 0.2) is 24.3 Å². The fraction of sp³-hybridized carbons (Fsp3) is 0.300. The maximum Gasteiger partial charge on any atom is 0.165 e. The van der Waals surface area contributed by atoms with Crippen molar-refractivity contribution in [2.75, 3.05) is 6.61 Å². The number of hydrogen-bond donors (Lipinski definition) is 0. The second-order valence-corrected chi connectivity index (χ2v) is 2.74. The molecule has 1 aromatic rings. The molecule has 1 radical (unpaired) electrons. The van der Waals surface area contributed by atoms with E-state index in [9.17, 15) is 9.90 Å². The molecule has 0 atom stereocenters. The van der Waals surface area contributed by atoms with Crippen LogP contribution in [-0.2, 0) is 5.11 Å². The molecule has 0 saturated carbocycles. The van der Waals surface area contributed by atoms with Crippen LogP contribution in [0.4, 0.5) is 0 Å². The Kier molecular flexibility index (Phi) is 3.00. The predicted molar refractivity (Wildman–Crippen MR) is 45.7 cm³/mol. The zero-order valence-corrected chi connectivity index (χ0v) is 7.04. The van der Waals surface area contributed by atoms with Crippen molar-refractivity contribution in [3.8, 4) is 0 Å². The van der Waals surface area contributed by atoms with Crippen molar-refractivity contribution >= 4 is 5.78 Å². The fourth-order valence-electron chi connectivity index (χ4n) is 0.976. The Labute approximate surface area is 71.8 Å². The van der Waals surface area contributed by atoms with Crippen molar-refractivity contribution in [1.82, 2.24) is 0 Å². The zero-order valence-electron chi connectivity index (χ0n) is 7.04. The highest BCUT2D eigenvalue weighted by molar-refractivity contribution is 5.96. The van der Waals surface area contributed by atoms with E-state index < -0.39 is 0 Å². The molecule has 0 aromatic heterocycles. The van der Waals surface area contributed by atoms with Crippen LogP contribution in [-0.4, -0.2) is 12.4 Å². The average molecular weight is 163 g/mol. The molecule has 0 heterocycles. The molecule has 0 spiro atoms. The van der Waals surface area contributed by atoms with Crippen LogP contribution in [0.3, 0.4) is 0 Å². The third-order valence-electron chi connectivity index (χ3n) is 1.70. The zero-order chi connectivity index (χ0) is 8.97. The van der Waals surface area contributed by atoms with E-state index >= 15 is 0 Å². The van der Waals surface area contributed by atoms with E-state index in [1.54, 1.807) is 12.1 Å². The molecule has 0 bridgehead atoms. The molecule has 0 fully saturated rings. The first-order chi connectivity index (χ1) is 5.74. The molecule has 0 amide bonds. The van der Waals surface area contributed by atoms with Gasteiger partial charge < -0.3 is 0 Å². The molecule has 0 aliphatic carbocycles. The van der Waals surface area contributed by atoms with E-state index in [0.29, 0.717) is 5.56 Å². The van der Waals surface area contributed by atoms with E-state index in [4.69, 9.17) is 0 Å². The lowest BCUT2D eigenvalue weighted by molar-refractivity contribution is 0.0925. The number of ketones is 1. The summed E-state index contributed by atoms with van der Waals surface area (Å²) >= 11 is 0. The lowest BCUT2D eigenvalue weighted by atomic mass is 10.1. The Bertz CT molecular complexity index is 262. The smallest absolute Gasteiger partial charge is 0.165 e. The van der Waals surface area contributed by atoms with Gasteiger partial charge >= 0.3 is 0 Å². The molecule has 0 N–H and O–H groups in total. The minimum Gasteiger partial charge on any atom is -0.294 e. The summed E-state index contributed by atoms with van der Waals surface area (Å²) in [4.78, 5) is 11.2. The van der Waals surface area contributed by atoms with Gasteiger partial charge in [-0.2, -0.15) is 0 Å². The van der Waals surface area contributed by atoms with Gasteiger partial charge in [0.2, 0.25) is 0 Å². The Morgan fingerprint density at radius 1 is 1.25 bits per heavy atom. The van der Waals surface area contributed by atoms with E-state index in [0.717, 1.165) is 5.56 Å². The van der Waals surface area contributed by atoms with E-state index in [2.05, 4.69) is 0 Å². The first-order valence-corrected chi connectivity index (χ1v) is 3.92. The summed E-state index contributed by atoms with van der Waals surface area (Å²) in [5.74, 6) is -0.0648. The summed E-state index contributed by atoms with van der Waals surface area (Å²) in [7, 11) is 0. The van der Waals surface area contributed by atoms with Gasteiger partial charge in [-0.15, -0.1) is 0 Å². The third kappa shape index (κ3) is 2.17. The summed E-state index contributed by atoms with van der Waals surface area (Å²) in [6.45, 7) is 1.63. The van der Waals surface area contributed by atoms with Gasteiger partial charge in [-0.25, -0.2) is 5.11 Å². The summed E-state index contributed by atoms with van der Waals surface area (Å²) in [5.41, 5.74) is 1.75. The fourth-order valence-corrected chi connectivity index (χ4v) is 0.976. The molecule has 63 valence electrons. The number of carbonyl (C=O) groups excluding carboxylic acids is 1. The SMILES string of the molecule is Cc1ccc(C(=O)CC[O])cc1. The van der Waals surface area contributed by atoms with Gasteiger partial charge in [0.25, 0.3) is 0 Å². The van der Waals surface area contributed by atoms with Gasteiger partial charge in [-0.3, -0.25) is 4.79 Å². The van der Waals surface area contributed by atoms with E-state index in [1.165, 1.54) is 0 Å². The van der Waals surface area contributed by atoms with Gasteiger partial charge in [0, 0.05) is 12.0 Å². The Hall–Kier alpha value is -1.15. The molecule has 1 aromatic carbocycles. The molecule has 2 heteroatoms. The monoisotopic (exact) mass is 163 g/mol. The third-order valence-corrected chi connectivity index (χ3v) is 1.70. The second-order valence-electron chi connectivity index (χ2n) is 2.74. The van der Waals surface area contributed by atoms with Crippen LogP contribution in [0.2, 0.25) is 0 Å². The molecular weight excluding hydrogens is 152 g/mol. The lowest BCUT2D eigenvalue weighted by Gasteiger charge is -1.97. The summed E-state index contributed by atoms with van der Waals surface area (Å²) in [5, 5.41) is 10.2. The van der Waals surface area contributed by atoms with Crippen molar-refractivity contribution < 1.29 is 9.90 Å². The molecule has 12 heavy (non-hydrogen) atoms. The van der Waals surface area contributed by atoms with Crippen LogP contribution in [0.25, 0.3) is 0 Å². The molecule has 0 aliphatic rings. The first-order valence-electron chi connectivity index (χ1n) is 3.92. The number of carbonyl (C=O) groups is 1. The highest BCUT2D eigenvalue weighted by Crippen LogP contribution is 2.05. The molecule has 0 aliphatic heterocycles. The quantitative estimate of drug-likeness (QED) is 0.628. The van der Waals surface area contributed by atoms with E-state index in [1.807, 2.05) is 19.1 Å². The van der Waals surface area contributed by atoms with Crippen molar-refractivity contribution in [2.45, 2.75) is 13.3 Å². The van der Waals surface area contributed by atoms with E-state index in [-0.39, 0.29) is 18.8 Å². The van der Waals surface area contributed by atoms with Gasteiger partial charge in [0.05, 0.1) is 6.61 Å². The minimum atomic E-state index is -0.327. The highest BCUT2D eigenvalue weighted by atomic mass is 16.3. The molecule has 1 rings (SSSR count). The molecule has 2 nitrogen and oxygen atoms in total. The Morgan fingerprint density at radius 2 is 1.83 bits per heavy atom. The van der Waals surface area contributed by atoms with Gasteiger partial charge in [0.1, 0.15) is 0 Å². The lowest BCUT2D eigenvalue weighted by Crippen LogP contribution is -2.00. The summed E-state index contributed by atoms with van der Waals surface area (Å²) in [6.07, 6.45) is 0.100. The Morgan fingerprint density at radius 3 is 2.33 bits per heavy atom. The van der Waals surface area contributed by atoms with Gasteiger partial charge in [-0.05, 0) is 6.92 Å². The summed E-state index contributed by atoms with van der Waals surface area (Å²) < 4.78 is 0. The molecular formula is C10H11O2. The topological polar surface area (TPSA) is 37.0 Å². The van der Waals surface area contributed by atoms with Crippen LogP contribution >= 0.6 is 0 Å². The first kappa shape index (κ1) is 8.94. The van der Waals surface area contributed by atoms with Crippen molar-refractivity contribution in [3.05, 3.63) is 35.4 Å². The van der Waals surface area contributed by atoms with Gasteiger partial charge in [0.15, 0.2) is 5.78 Å². The van der Waals surface area contributed by atoms with Crippen molar-refractivity contribution in [2.24, 2.45) is 0 Å². The van der Waals surface area contributed by atoms with Crippen LogP contribution < -0.4 is 0 Å². The maximum absolute atomic E-state index is 11.2. The number of rotatable bonds is 3. The standard InChI is InChI=1S/C10H11O2/c1-8-2-4-9(5-3-8)10(12)6-7-11/h2-5H,6-7H2,1H3. The number of benzene rings is 1. The molecule has 0 saturated heterocycles. The average Bonchev–Trinajstić information content (AvgIpc) is 2.06. The van der Waals surface area contributed by atoms with Crippen molar-refractivity contribution in [3.63, 3.8) is 0 Å². The van der Waals surface area contributed by atoms with Crippen molar-refractivity contribution in [1.29, 1.82) is 0 Å². The predicted octanol–water partition coefficient (Wildman–Crippen LogP) is 2.00. The number of hydrogen-bond acceptors (Lipinski definition) is 1. The normalized spacial score (nSPS) is 9.83. The van der Waals surface area contributed by atoms with Crippen LogP contribution in [0.5, 0.6) is 0 Å². The maximum atomic E-state index is 11.2. The van der Waals surface area contributed by atoms with Crippen LogP contribution in [0, 0.1) is 6.92 Å². The minimum absolute atomic E-state index is 0.0648. The molecule has 0 unspecified atom stereocenters.